The van der Waals surface area contributed by atoms with Crippen LogP contribution in [0, 0.1) is 12.7 Å². The van der Waals surface area contributed by atoms with Crippen molar-refractivity contribution in [3.05, 3.63) is 59.3 Å². The quantitative estimate of drug-likeness (QED) is 0.513. The van der Waals surface area contributed by atoms with Crippen LogP contribution in [0.25, 0.3) is 17.2 Å². The summed E-state index contributed by atoms with van der Waals surface area (Å²) in [6.07, 6.45) is 4.17. The summed E-state index contributed by atoms with van der Waals surface area (Å²) >= 11 is 0. The number of hydrogen-bond donors (Lipinski definition) is 1. The molecule has 0 spiro atoms. The molecule has 0 unspecified atom stereocenters. The summed E-state index contributed by atoms with van der Waals surface area (Å²) < 4.78 is 20.4. The van der Waals surface area contributed by atoms with Gasteiger partial charge in [-0.2, -0.15) is 5.10 Å². The van der Waals surface area contributed by atoms with E-state index < -0.39 is 0 Å². The monoisotopic (exact) mass is 466 g/mol. The van der Waals surface area contributed by atoms with Crippen molar-refractivity contribution in [3.63, 3.8) is 0 Å². The lowest BCUT2D eigenvalue weighted by Crippen LogP contribution is -2.38. The van der Waals surface area contributed by atoms with Crippen LogP contribution in [0.5, 0.6) is 0 Å². The molecular weight excluding hydrogens is 435 g/mol. The Bertz CT molecular complexity index is 1120. The maximum Gasteiger partial charge on any atom is 0.254 e. The molecule has 0 radical (unpaired) electrons. The molecule has 0 aliphatic carbocycles. The Balaban J connectivity index is 1.51. The molecule has 1 fully saturated rings. The van der Waals surface area contributed by atoms with E-state index in [0.717, 1.165) is 56.1 Å². The van der Waals surface area contributed by atoms with Gasteiger partial charge in [0.1, 0.15) is 5.82 Å². The van der Waals surface area contributed by atoms with Gasteiger partial charge in [0.2, 0.25) is 0 Å². The zero-order valence-electron chi connectivity index (χ0n) is 19.9. The Morgan fingerprint density at radius 2 is 1.91 bits per heavy atom. The fraction of sp³-hybridized carbons (Fsp3) is 0.440. The lowest BCUT2D eigenvalue weighted by molar-refractivity contribution is 0.0374. The molecule has 1 aliphatic rings. The summed E-state index contributed by atoms with van der Waals surface area (Å²) in [5.41, 5.74) is 3.63. The number of nitrogens with one attached hydrogen (secondary N) is 1. The normalized spacial score (nSPS) is 14.5. The van der Waals surface area contributed by atoms with E-state index in [1.54, 1.807) is 29.2 Å². The lowest BCUT2D eigenvalue weighted by atomic mass is 10.1. The van der Waals surface area contributed by atoms with Gasteiger partial charge in [0.05, 0.1) is 36.4 Å². The Morgan fingerprint density at radius 1 is 1.18 bits per heavy atom. The minimum Gasteiger partial charge on any atom is -0.379 e. The van der Waals surface area contributed by atoms with E-state index >= 15 is 0 Å². The SMILES string of the molecule is Cc1cnc(-n2ncc(C(=O)NCCCN3CCOCC3)c2C(C)C)nc1-c1ccc(F)cc1. The fourth-order valence-electron chi connectivity index (χ4n) is 4.11. The van der Waals surface area contributed by atoms with Gasteiger partial charge < -0.3 is 10.1 Å². The van der Waals surface area contributed by atoms with Crippen LogP contribution in [0.2, 0.25) is 0 Å². The number of amides is 1. The second-order valence-electron chi connectivity index (χ2n) is 8.78. The van der Waals surface area contributed by atoms with Crippen LogP contribution in [0.15, 0.2) is 36.7 Å². The van der Waals surface area contributed by atoms with Crippen molar-refractivity contribution in [2.45, 2.75) is 33.1 Å². The summed E-state index contributed by atoms with van der Waals surface area (Å²) in [5, 5.41) is 7.48. The first-order chi connectivity index (χ1) is 16.4. The number of ether oxygens (including phenoxy) is 1. The molecule has 9 heteroatoms. The number of benzene rings is 1. The minimum absolute atomic E-state index is 0.0239. The standard InChI is InChI=1S/C25H31FN6O2/c1-17(2)23-21(24(33)27-9-4-10-31-11-13-34-14-12-31)16-29-32(23)25-28-15-18(3)22(30-25)19-5-7-20(26)8-6-19/h5-8,15-17H,4,9-14H2,1-3H3,(H,27,33). The Kier molecular flexibility index (Phi) is 7.64. The van der Waals surface area contributed by atoms with Gasteiger partial charge in [-0.15, -0.1) is 0 Å². The fourth-order valence-corrected chi connectivity index (χ4v) is 4.11. The van der Waals surface area contributed by atoms with Gasteiger partial charge in [0.15, 0.2) is 0 Å². The summed E-state index contributed by atoms with van der Waals surface area (Å²) in [6.45, 7) is 10.9. The van der Waals surface area contributed by atoms with Crippen molar-refractivity contribution < 1.29 is 13.9 Å². The van der Waals surface area contributed by atoms with Crippen molar-refractivity contribution in [3.8, 4) is 17.2 Å². The highest BCUT2D eigenvalue weighted by atomic mass is 19.1. The highest BCUT2D eigenvalue weighted by Crippen LogP contribution is 2.25. The first kappa shape index (κ1) is 24.0. The van der Waals surface area contributed by atoms with E-state index in [9.17, 15) is 9.18 Å². The molecular formula is C25H31FN6O2. The van der Waals surface area contributed by atoms with Crippen LogP contribution in [0.3, 0.4) is 0 Å². The number of aryl methyl sites for hydroxylation is 1. The van der Waals surface area contributed by atoms with Crippen LogP contribution in [-0.4, -0.2) is 69.9 Å². The molecule has 0 bridgehead atoms. The van der Waals surface area contributed by atoms with Gasteiger partial charge in [0, 0.05) is 31.4 Å². The van der Waals surface area contributed by atoms with Gasteiger partial charge in [-0.05, 0) is 55.6 Å². The summed E-state index contributed by atoms with van der Waals surface area (Å²) in [5.74, 6) is -0.0518. The minimum atomic E-state index is -0.301. The molecule has 2 aromatic heterocycles. The van der Waals surface area contributed by atoms with Crippen molar-refractivity contribution in [1.29, 1.82) is 0 Å². The Hall–Kier alpha value is -3.17. The van der Waals surface area contributed by atoms with E-state index in [-0.39, 0.29) is 17.6 Å². The number of morpholine rings is 1. The number of hydrogen-bond acceptors (Lipinski definition) is 6. The zero-order chi connectivity index (χ0) is 24.1. The van der Waals surface area contributed by atoms with Crippen molar-refractivity contribution in [1.82, 2.24) is 30.0 Å². The van der Waals surface area contributed by atoms with E-state index in [2.05, 4.69) is 20.3 Å². The van der Waals surface area contributed by atoms with Gasteiger partial charge in [0.25, 0.3) is 11.9 Å². The van der Waals surface area contributed by atoms with Crippen molar-refractivity contribution in [2.75, 3.05) is 39.4 Å². The zero-order valence-corrected chi connectivity index (χ0v) is 19.9. The largest absolute Gasteiger partial charge is 0.379 e. The third-order valence-corrected chi connectivity index (χ3v) is 5.90. The second-order valence-corrected chi connectivity index (χ2v) is 8.78. The number of rotatable bonds is 8. The summed E-state index contributed by atoms with van der Waals surface area (Å²) in [4.78, 5) is 24.5. The van der Waals surface area contributed by atoms with Crippen LogP contribution >= 0.6 is 0 Å². The summed E-state index contributed by atoms with van der Waals surface area (Å²) in [6, 6.07) is 6.20. The van der Waals surface area contributed by atoms with Crippen LogP contribution in [-0.2, 0) is 4.74 Å². The molecule has 0 saturated carbocycles. The van der Waals surface area contributed by atoms with Gasteiger partial charge >= 0.3 is 0 Å². The van der Waals surface area contributed by atoms with Gasteiger partial charge in [-0.25, -0.2) is 19.0 Å². The maximum atomic E-state index is 13.4. The molecule has 3 aromatic rings. The highest BCUT2D eigenvalue weighted by molar-refractivity contribution is 5.95. The first-order valence-corrected chi connectivity index (χ1v) is 11.7. The Morgan fingerprint density at radius 3 is 2.62 bits per heavy atom. The predicted octanol–water partition coefficient (Wildman–Crippen LogP) is 3.35. The van der Waals surface area contributed by atoms with E-state index in [0.29, 0.717) is 23.8 Å². The lowest BCUT2D eigenvalue weighted by Gasteiger charge is -2.26. The molecule has 1 saturated heterocycles. The van der Waals surface area contributed by atoms with Crippen LogP contribution in [0.1, 0.15) is 47.8 Å². The molecule has 1 aromatic carbocycles. The highest BCUT2D eigenvalue weighted by Gasteiger charge is 2.22. The number of carbonyl (C=O) groups is 1. The smallest absolute Gasteiger partial charge is 0.254 e. The van der Waals surface area contributed by atoms with E-state index in [4.69, 9.17) is 9.72 Å². The third-order valence-electron chi connectivity index (χ3n) is 5.90. The topological polar surface area (TPSA) is 85.2 Å². The number of carbonyl (C=O) groups excluding carboxylic acids is 1. The molecule has 3 heterocycles. The average molecular weight is 467 g/mol. The summed E-state index contributed by atoms with van der Waals surface area (Å²) in [7, 11) is 0. The first-order valence-electron chi connectivity index (χ1n) is 11.7. The van der Waals surface area contributed by atoms with Crippen molar-refractivity contribution >= 4 is 5.91 Å². The second kappa shape index (κ2) is 10.8. The Labute approximate surface area is 199 Å². The molecule has 34 heavy (non-hydrogen) atoms. The van der Waals surface area contributed by atoms with E-state index in [1.165, 1.54) is 12.1 Å². The van der Waals surface area contributed by atoms with Crippen LogP contribution < -0.4 is 5.32 Å². The van der Waals surface area contributed by atoms with Crippen LogP contribution in [0.4, 0.5) is 4.39 Å². The number of halogens is 1. The predicted molar refractivity (Wildman–Crippen MR) is 128 cm³/mol. The number of aromatic nitrogens is 4. The molecule has 1 N–H and O–H groups in total. The molecule has 0 atom stereocenters. The average Bonchev–Trinajstić information content (AvgIpc) is 3.29. The third kappa shape index (κ3) is 5.48. The maximum absolute atomic E-state index is 13.4. The molecule has 180 valence electrons. The molecule has 1 aliphatic heterocycles. The van der Waals surface area contributed by atoms with Crippen molar-refractivity contribution in [2.24, 2.45) is 0 Å². The van der Waals surface area contributed by atoms with Gasteiger partial charge in [-0.1, -0.05) is 13.8 Å². The van der Waals surface area contributed by atoms with Gasteiger partial charge in [-0.3, -0.25) is 9.69 Å². The molecule has 1 amide bonds. The molecule has 8 nitrogen and oxygen atoms in total. The number of nitrogens with zero attached hydrogens (tertiary/aromatic N) is 5. The molecule has 4 rings (SSSR count). The van der Waals surface area contributed by atoms with E-state index in [1.807, 2.05) is 20.8 Å².